The number of H-pyrrole nitrogens is 1. The van der Waals surface area contributed by atoms with E-state index in [-0.39, 0.29) is 0 Å². The molecule has 0 radical (unpaired) electrons. The van der Waals surface area contributed by atoms with Gasteiger partial charge in [-0.05, 0) is 24.3 Å². The van der Waals surface area contributed by atoms with Crippen LogP contribution in [0.4, 0.5) is 5.69 Å². The largest absolute Gasteiger partial charge is 0.454 e. The molecule has 1 aromatic carbocycles. The van der Waals surface area contributed by atoms with E-state index in [0.29, 0.717) is 22.2 Å². The van der Waals surface area contributed by atoms with Crippen LogP contribution < -0.4 is 5.73 Å². The molecule has 0 aliphatic heterocycles. The minimum atomic E-state index is 0.560. The van der Waals surface area contributed by atoms with Crippen LogP contribution >= 0.6 is 11.6 Å². The number of aromatic nitrogens is 2. The molecule has 2 aromatic heterocycles. The highest BCUT2D eigenvalue weighted by Gasteiger charge is 2.10. The lowest BCUT2D eigenvalue weighted by Gasteiger charge is -1.91. The van der Waals surface area contributed by atoms with Crippen LogP contribution in [0, 0.1) is 0 Å². The highest BCUT2D eigenvalue weighted by atomic mass is 35.5. The zero-order chi connectivity index (χ0) is 11.1. The molecule has 3 rings (SSSR count). The van der Waals surface area contributed by atoms with Gasteiger partial charge >= 0.3 is 0 Å². The summed E-state index contributed by atoms with van der Waals surface area (Å²) >= 11 is 5.90. The summed E-state index contributed by atoms with van der Waals surface area (Å²) < 4.78 is 5.64. The number of hydrogen-bond acceptors (Lipinski definition) is 3. The summed E-state index contributed by atoms with van der Waals surface area (Å²) in [7, 11) is 0. The van der Waals surface area contributed by atoms with Crippen molar-refractivity contribution in [2.45, 2.75) is 0 Å². The maximum Gasteiger partial charge on any atom is 0.155 e. The van der Waals surface area contributed by atoms with Crippen LogP contribution in [0.1, 0.15) is 0 Å². The van der Waals surface area contributed by atoms with Gasteiger partial charge in [0.1, 0.15) is 11.3 Å². The number of fused-ring (bicyclic) bond motifs is 1. The van der Waals surface area contributed by atoms with Gasteiger partial charge in [0, 0.05) is 10.4 Å². The Bertz CT molecular complexity index is 656. The first kappa shape index (κ1) is 9.30. The lowest BCUT2D eigenvalue weighted by atomic mass is 10.2. The Balaban J connectivity index is 2.23. The quantitative estimate of drug-likeness (QED) is 0.679. The first-order valence-electron chi connectivity index (χ1n) is 4.72. The van der Waals surface area contributed by atoms with E-state index in [1.807, 2.05) is 18.2 Å². The van der Waals surface area contributed by atoms with Crippen LogP contribution in [0.5, 0.6) is 0 Å². The lowest BCUT2D eigenvalue weighted by Crippen LogP contribution is -1.84. The van der Waals surface area contributed by atoms with E-state index in [2.05, 4.69) is 10.2 Å². The number of hydrogen-bond donors (Lipinski definition) is 2. The molecule has 0 unspecified atom stereocenters. The summed E-state index contributed by atoms with van der Waals surface area (Å²) in [6.45, 7) is 0. The molecule has 5 heteroatoms. The van der Waals surface area contributed by atoms with Crippen LogP contribution in [0.3, 0.4) is 0 Å². The summed E-state index contributed by atoms with van der Waals surface area (Å²) in [5.41, 5.74) is 7.76. The van der Waals surface area contributed by atoms with E-state index >= 15 is 0 Å². The number of nitrogen functional groups attached to an aromatic ring is 1. The molecule has 3 N–H and O–H groups in total. The molecule has 0 bridgehead atoms. The minimum absolute atomic E-state index is 0.560. The average Bonchev–Trinajstić information content (AvgIpc) is 2.82. The number of nitrogens with two attached hydrogens (primary N) is 1. The van der Waals surface area contributed by atoms with E-state index in [4.69, 9.17) is 21.8 Å². The van der Waals surface area contributed by atoms with E-state index in [1.54, 1.807) is 12.3 Å². The summed E-state index contributed by atoms with van der Waals surface area (Å²) in [6.07, 6.45) is 1.55. The topological polar surface area (TPSA) is 67.8 Å². The Morgan fingerprint density at radius 1 is 1.31 bits per heavy atom. The van der Waals surface area contributed by atoms with Gasteiger partial charge in [0.25, 0.3) is 0 Å². The van der Waals surface area contributed by atoms with Crippen molar-refractivity contribution in [3.05, 3.63) is 35.5 Å². The van der Waals surface area contributed by atoms with Gasteiger partial charge in [0.2, 0.25) is 0 Å². The molecule has 0 aliphatic rings. The summed E-state index contributed by atoms with van der Waals surface area (Å²) in [4.78, 5) is 0. The van der Waals surface area contributed by atoms with Gasteiger partial charge in [0.15, 0.2) is 5.76 Å². The molecule has 80 valence electrons. The van der Waals surface area contributed by atoms with Crippen LogP contribution in [0.2, 0.25) is 5.02 Å². The number of halogens is 1. The smallest absolute Gasteiger partial charge is 0.155 e. The van der Waals surface area contributed by atoms with Crippen molar-refractivity contribution >= 4 is 28.3 Å². The van der Waals surface area contributed by atoms with Gasteiger partial charge in [0.05, 0.1) is 11.9 Å². The average molecular weight is 234 g/mol. The van der Waals surface area contributed by atoms with E-state index < -0.39 is 0 Å². The van der Waals surface area contributed by atoms with Crippen LogP contribution in [0.25, 0.3) is 22.4 Å². The number of benzene rings is 1. The van der Waals surface area contributed by atoms with Crippen molar-refractivity contribution in [3.63, 3.8) is 0 Å². The first-order chi connectivity index (χ1) is 7.74. The predicted molar refractivity (Wildman–Crippen MR) is 63.2 cm³/mol. The third-order valence-corrected chi connectivity index (χ3v) is 2.63. The van der Waals surface area contributed by atoms with E-state index in [0.717, 1.165) is 11.0 Å². The Morgan fingerprint density at radius 3 is 2.94 bits per heavy atom. The Labute approximate surface area is 96.0 Å². The van der Waals surface area contributed by atoms with Gasteiger partial charge in [-0.25, -0.2) is 0 Å². The minimum Gasteiger partial charge on any atom is -0.454 e. The van der Waals surface area contributed by atoms with Gasteiger partial charge in [-0.2, -0.15) is 5.10 Å². The molecule has 0 amide bonds. The maximum atomic E-state index is 5.90. The second-order valence-electron chi connectivity index (χ2n) is 3.49. The predicted octanol–water partition coefficient (Wildman–Crippen LogP) is 3.06. The number of nitrogens with one attached hydrogen (secondary N) is 1. The van der Waals surface area contributed by atoms with Crippen molar-refractivity contribution in [1.82, 2.24) is 10.2 Å². The fourth-order valence-electron chi connectivity index (χ4n) is 1.63. The number of aromatic amines is 1. The van der Waals surface area contributed by atoms with Gasteiger partial charge in [-0.3, -0.25) is 5.10 Å². The SMILES string of the molecule is Nc1cn[nH]c1-c1cc2cc(Cl)ccc2o1. The maximum absolute atomic E-state index is 5.90. The monoisotopic (exact) mass is 233 g/mol. The summed E-state index contributed by atoms with van der Waals surface area (Å²) in [5.74, 6) is 0.660. The molecule has 16 heavy (non-hydrogen) atoms. The van der Waals surface area contributed by atoms with Crippen LogP contribution in [0.15, 0.2) is 34.9 Å². The molecule has 4 nitrogen and oxygen atoms in total. The second-order valence-corrected chi connectivity index (χ2v) is 3.93. The van der Waals surface area contributed by atoms with Gasteiger partial charge in [-0.15, -0.1) is 0 Å². The van der Waals surface area contributed by atoms with E-state index in [9.17, 15) is 0 Å². The molecule has 0 atom stereocenters. The molecule has 2 heterocycles. The number of nitrogens with zero attached hydrogens (tertiary/aromatic N) is 1. The van der Waals surface area contributed by atoms with Crippen molar-refractivity contribution in [3.8, 4) is 11.5 Å². The zero-order valence-corrected chi connectivity index (χ0v) is 8.95. The third kappa shape index (κ3) is 1.35. The Kier molecular flexibility index (Phi) is 1.91. The van der Waals surface area contributed by atoms with Crippen molar-refractivity contribution in [1.29, 1.82) is 0 Å². The fraction of sp³-hybridized carbons (Fsp3) is 0. The zero-order valence-electron chi connectivity index (χ0n) is 8.20. The van der Waals surface area contributed by atoms with Crippen LogP contribution in [-0.2, 0) is 0 Å². The number of furan rings is 1. The van der Waals surface area contributed by atoms with Crippen molar-refractivity contribution in [2.75, 3.05) is 5.73 Å². The molecular formula is C11H8ClN3O. The molecule has 0 aliphatic carbocycles. The van der Waals surface area contributed by atoms with E-state index in [1.165, 1.54) is 0 Å². The molecule has 0 saturated heterocycles. The lowest BCUT2D eigenvalue weighted by molar-refractivity contribution is 0.628. The molecule has 0 fully saturated rings. The summed E-state index contributed by atoms with van der Waals surface area (Å²) in [6, 6.07) is 7.34. The second kappa shape index (κ2) is 3.28. The first-order valence-corrected chi connectivity index (χ1v) is 5.10. The molecule has 3 aromatic rings. The standard InChI is InChI=1S/C11H8ClN3O/c12-7-1-2-9-6(3-7)4-10(16-9)11-8(13)5-14-15-11/h1-5H,13H2,(H,14,15). The fourth-order valence-corrected chi connectivity index (χ4v) is 1.81. The van der Waals surface area contributed by atoms with Crippen LogP contribution in [-0.4, -0.2) is 10.2 Å². The summed E-state index contributed by atoms with van der Waals surface area (Å²) in [5, 5.41) is 8.26. The number of rotatable bonds is 1. The van der Waals surface area contributed by atoms with Gasteiger partial charge in [-0.1, -0.05) is 11.6 Å². The van der Waals surface area contributed by atoms with Crippen molar-refractivity contribution < 1.29 is 4.42 Å². The Hall–Kier alpha value is -1.94. The normalized spacial score (nSPS) is 11.1. The molecule has 0 spiro atoms. The highest BCUT2D eigenvalue weighted by Crippen LogP contribution is 2.30. The molecular weight excluding hydrogens is 226 g/mol. The third-order valence-electron chi connectivity index (χ3n) is 2.39. The molecule has 0 saturated carbocycles. The van der Waals surface area contributed by atoms with Crippen molar-refractivity contribution in [2.24, 2.45) is 0 Å². The highest BCUT2D eigenvalue weighted by molar-refractivity contribution is 6.31. The number of anilines is 1. The van der Waals surface area contributed by atoms with Gasteiger partial charge < -0.3 is 10.2 Å². The Morgan fingerprint density at radius 2 is 2.19 bits per heavy atom.